The van der Waals surface area contributed by atoms with Crippen molar-refractivity contribution in [2.24, 2.45) is 5.10 Å². The number of rotatable bonds is 7. The second-order valence-electron chi connectivity index (χ2n) is 7.97. The molecule has 0 unspecified atom stereocenters. The lowest BCUT2D eigenvalue weighted by Gasteiger charge is -2.02. The van der Waals surface area contributed by atoms with Crippen molar-refractivity contribution in [3.8, 4) is 16.9 Å². The monoisotopic (exact) mass is 494 g/mol. The molecule has 3 aromatic carbocycles. The molecule has 0 fully saturated rings. The summed E-state index contributed by atoms with van der Waals surface area (Å²) >= 11 is 0. The SMILES string of the molecule is O=C(O)c1ccc(N/N=C/c2cn(-c3ccc(C(=O)O)cc3)nc2-c2cc3ccccc3oc2=O)cc1. The minimum absolute atomic E-state index is 0.131. The second-order valence-corrected chi connectivity index (χ2v) is 7.97. The first-order valence-corrected chi connectivity index (χ1v) is 11.0. The Labute approximate surface area is 208 Å². The summed E-state index contributed by atoms with van der Waals surface area (Å²) in [5.41, 5.74) is 5.14. The van der Waals surface area contributed by atoms with Crippen LogP contribution < -0.4 is 11.1 Å². The predicted octanol–water partition coefficient (Wildman–Crippen LogP) is 4.49. The molecule has 0 aliphatic carbocycles. The van der Waals surface area contributed by atoms with E-state index in [1.165, 1.54) is 35.2 Å². The maximum Gasteiger partial charge on any atom is 0.345 e. The van der Waals surface area contributed by atoms with E-state index < -0.39 is 17.6 Å². The molecule has 37 heavy (non-hydrogen) atoms. The molecule has 5 aromatic rings. The van der Waals surface area contributed by atoms with Crippen LogP contribution in [0.1, 0.15) is 26.3 Å². The minimum Gasteiger partial charge on any atom is -0.478 e. The van der Waals surface area contributed by atoms with Gasteiger partial charge in [-0.3, -0.25) is 5.43 Å². The van der Waals surface area contributed by atoms with Crippen LogP contribution in [0.25, 0.3) is 27.9 Å². The summed E-state index contributed by atoms with van der Waals surface area (Å²) in [4.78, 5) is 35.1. The van der Waals surface area contributed by atoms with E-state index in [2.05, 4.69) is 15.6 Å². The molecule has 0 aliphatic heterocycles. The number of hydrogen-bond donors (Lipinski definition) is 3. The topological polar surface area (TPSA) is 147 Å². The number of para-hydroxylation sites is 1. The van der Waals surface area contributed by atoms with Crippen molar-refractivity contribution in [2.75, 3.05) is 5.43 Å². The van der Waals surface area contributed by atoms with Crippen LogP contribution in [-0.2, 0) is 0 Å². The van der Waals surface area contributed by atoms with Crippen molar-refractivity contribution >= 4 is 34.8 Å². The highest BCUT2D eigenvalue weighted by molar-refractivity contribution is 5.91. The lowest BCUT2D eigenvalue weighted by molar-refractivity contribution is 0.0686. The third-order valence-electron chi connectivity index (χ3n) is 5.55. The lowest BCUT2D eigenvalue weighted by Crippen LogP contribution is -2.05. The fourth-order valence-corrected chi connectivity index (χ4v) is 3.67. The van der Waals surface area contributed by atoms with E-state index in [1.54, 1.807) is 48.7 Å². The van der Waals surface area contributed by atoms with Gasteiger partial charge in [0, 0.05) is 17.1 Å². The van der Waals surface area contributed by atoms with Crippen molar-refractivity contribution in [1.29, 1.82) is 0 Å². The largest absolute Gasteiger partial charge is 0.478 e. The van der Waals surface area contributed by atoms with Crippen LogP contribution in [0.5, 0.6) is 0 Å². The summed E-state index contributed by atoms with van der Waals surface area (Å²) in [6.07, 6.45) is 3.13. The molecule has 0 saturated carbocycles. The van der Waals surface area contributed by atoms with Gasteiger partial charge in [0.1, 0.15) is 11.3 Å². The zero-order valence-electron chi connectivity index (χ0n) is 19.0. The molecule has 0 aliphatic rings. The summed E-state index contributed by atoms with van der Waals surface area (Å²) in [7, 11) is 0. The Kier molecular flexibility index (Phi) is 6.05. The van der Waals surface area contributed by atoms with E-state index in [4.69, 9.17) is 9.52 Å². The Morgan fingerprint density at radius 3 is 2.24 bits per heavy atom. The van der Waals surface area contributed by atoms with Gasteiger partial charge < -0.3 is 14.6 Å². The summed E-state index contributed by atoms with van der Waals surface area (Å²) in [5.74, 6) is -2.07. The molecular weight excluding hydrogens is 476 g/mol. The van der Waals surface area contributed by atoms with E-state index >= 15 is 0 Å². The highest BCUT2D eigenvalue weighted by Gasteiger charge is 2.17. The number of nitrogens with zero attached hydrogens (tertiary/aromatic N) is 3. The van der Waals surface area contributed by atoms with Crippen LogP contribution >= 0.6 is 0 Å². The van der Waals surface area contributed by atoms with Gasteiger partial charge in [-0.2, -0.15) is 10.2 Å². The van der Waals surface area contributed by atoms with E-state index in [0.29, 0.717) is 28.2 Å². The molecule has 0 atom stereocenters. The zero-order valence-corrected chi connectivity index (χ0v) is 19.0. The van der Waals surface area contributed by atoms with Crippen LogP contribution in [0.2, 0.25) is 0 Å². The molecule has 0 amide bonds. The van der Waals surface area contributed by atoms with E-state index in [-0.39, 0.29) is 16.7 Å². The van der Waals surface area contributed by atoms with Crippen LogP contribution in [0.3, 0.4) is 0 Å². The molecule has 10 nitrogen and oxygen atoms in total. The Hall–Kier alpha value is -5.51. The summed E-state index contributed by atoms with van der Waals surface area (Å²) in [6.45, 7) is 0. The molecular formula is C27H18N4O6. The van der Waals surface area contributed by atoms with Crippen molar-refractivity contribution in [1.82, 2.24) is 9.78 Å². The first-order valence-electron chi connectivity index (χ1n) is 11.0. The molecule has 0 spiro atoms. The maximum absolute atomic E-state index is 12.8. The normalized spacial score (nSPS) is 11.1. The minimum atomic E-state index is -1.04. The van der Waals surface area contributed by atoms with Gasteiger partial charge in [0.25, 0.3) is 0 Å². The first kappa shape index (κ1) is 23.2. The van der Waals surface area contributed by atoms with Gasteiger partial charge in [-0.15, -0.1) is 0 Å². The number of aromatic nitrogens is 2. The van der Waals surface area contributed by atoms with Gasteiger partial charge in [0.2, 0.25) is 0 Å². The van der Waals surface area contributed by atoms with Gasteiger partial charge in [0.15, 0.2) is 0 Å². The van der Waals surface area contributed by atoms with Crippen LogP contribution in [0.15, 0.2) is 99.4 Å². The molecule has 0 radical (unpaired) electrons. The summed E-state index contributed by atoms with van der Waals surface area (Å²) < 4.78 is 7.00. The van der Waals surface area contributed by atoms with Crippen molar-refractivity contribution in [2.45, 2.75) is 0 Å². The number of nitrogens with one attached hydrogen (secondary N) is 1. The highest BCUT2D eigenvalue weighted by atomic mass is 16.4. The van der Waals surface area contributed by atoms with Crippen LogP contribution in [0, 0.1) is 0 Å². The number of carboxylic acids is 2. The first-order chi connectivity index (χ1) is 17.9. The number of aromatic carboxylic acids is 2. The van der Waals surface area contributed by atoms with E-state index in [9.17, 15) is 19.5 Å². The number of benzene rings is 3. The zero-order chi connectivity index (χ0) is 25.9. The van der Waals surface area contributed by atoms with Gasteiger partial charge >= 0.3 is 17.6 Å². The Morgan fingerprint density at radius 2 is 1.57 bits per heavy atom. The maximum atomic E-state index is 12.8. The molecule has 0 saturated heterocycles. The highest BCUT2D eigenvalue weighted by Crippen LogP contribution is 2.24. The van der Waals surface area contributed by atoms with Crippen LogP contribution in [0.4, 0.5) is 5.69 Å². The van der Waals surface area contributed by atoms with E-state index in [1.807, 2.05) is 12.1 Å². The standard InChI is InChI=1S/C27H18N4O6/c32-25(33)16-5-9-20(10-6-16)29-28-14-19-15-31(21-11-7-17(8-12-21)26(34)35)30-24(19)22-13-18-3-1-2-4-23(18)37-27(22)36/h1-15,29H,(H,32,33)(H,34,35)/b28-14+. The smallest absolute Gasteiger partial charge is 0.345 e. The summed E-state index contributed by atoms with van der Waals surface area (Å²) in [6, 6.07) is 21.0. The third-order valence-corrected chi connectivity index (χ3v) is 5.55. The third kappa shape index (κ3) is 4.84. The number of fused-ring (bicyclic) bond motifs is 1. The fraction of sp³-hybridized carbons (Fsp3) is 0. The fourth-order valence-electron chi connectivity index (χ4n) is 3.67. The number of carbonyl (C=O) groups is 2. The Morgan fingerprint density at radius 1 is 0.919 bits per heavy atom. The van der Waals surface area contributed by atoms with Gasteiger partial charge in [-0.05, 0) is 60.7 Å². The van der Waals surface area contributed by atoms with Crippen molar-refractivity contribution in [3.63, 3.8) is 0 Å². The number of anilines is 1. The average molecular weight is 494 g/mol. The molecule has 2 aromatic heterocycles. The van der Waals surface area contributed by atoms with Crippen molar-refractivity contribution in [3.05, 3.63) is 112 Å². The second kappa shape index (κ2) is 9.62. The predicted molar refractivity (Wildman–Crippen MR) is 137 cm³/mol. The molecule has 2 heterocycles. The number of carboxylic acid groups (broad SMARTS) is 2. The van der Waals surface area contributed by atoms with Gasteiger partial charge in [0.05, 0.1) is 34.3 Å². The lowest BCUT2D eigenvalue weighted by atomic mass is 10.1. The molecule has 5 rings (SSSR count). The molecule has 182 valence electrons. The van der Waals surface area contributed by atoms with Crippen molar-refractivity contribution < 1.29 is 24.2 Å². The van der Waals surface area contributed by atoms with Crippen LogP contribution in [-0.4, -0.2) is 38.1 Å². The Bertz CT molecular complexity index is 1720. The Balaban J connectivity index is 1.54. The van der Waals surface area contributed by atoms with Gasteiger partial charge in [-0.25, -0.2) is 19.1 Å². The quantitative estimate of drug-likeness (QED) is 0.170. The number of hydrazone groups is 1. The average Bonchev–Trinajstić information content (AvgIpc) is 3.32. The summed E-state index contributed by atoms with van der Waals surface area (Å²) in [5, 5.41) is 27.7. The molecule has 0 bridgehead atoms. The van der Waals surface area contributed by atoms with Gasteiger partial charge in [-0.1, -0.05) is 18.2 Å². The molecule has 3 N–H and O–H groups in total. The molecule has 10 heteroatoms. The number of hydrogen-bond acceptors (Lipinski definition) is 7. The van der Waals surface area contributed by atoms with E-state index in [0.717, 1.165) is 5.39 Å².